The van der Waals surface area contributed by atoms with Crippen LogP contribution >= 0.6 is 0 Å². The number of ether oxygens (including phenoxy) is 4. The normalized spacial score (nSPS) is 16.0. The van der Waals surface area contributed by atoms with E-state index in [0.29, 0.717) is 13.6 Å². The van der Waals surface area contributed by atoms with E-state index in [4.69, 9.17) is 18.9 Å². The van der Waals surface area contributed by atoms with E-state index in [1.165, 1.54) is 27.9 Å². The van der Waals surface area contributed by atoms with Crippen LogP contribution < -0.4 is 23.5 Å². The summed E-state index contributed by atoms with van der Waals surface area (Å²) in [5.74, 6) is 3.36. The maximum Gasteiger partial charge on any atom is 0.231 e. The maximum absolute atomic E-state index is 5.72. The molecule has 6 rings (SSSR count). The SMILES string of the molecule is Cc1cc2c(c3cc4c(cc13)-[n+]1cc3c(cc1CC4)OCO3)OCO2. The molecule has 5 nitrogen and oxygen atoms in total. The summed E-state index contributed by atoms with van der Waals surface area (Å²) in [6.45, 7) is 2.71. The Labute approximate surface area is 144 Å². The van der Waals surface area contributed by atoms with Crippen molar-refractivity contribution >= 4 is 10.8 Å². The number of aromatic nitrogens is 1. The molecule has 0 N–H and O–H groups in total. The first kappa shape index (κ1) is 13.4. The molecule has 1 aromatic heterocycles. The highest BCUT2D eigenvalue weighted by Gasteiger charge is 2.31. The smallest absolute Gasteiger partial charge is 0.231 e. The van der Waals surface area contributed by atoms with Gasteiger partial charge in [0.2, 0.25) is 31.2 Å². The highest BCUT2D eigenvalue weighted by Crippen LogP contribution is 2.43. The third-order valence-electron chi connectivity index (χ3n) is 5.31. The summed E-state index contributed by atoms with van der Waals surface area (Å²) in [5.41, 5.74) is 4.95. The summed E-state index contributed by atoms with van der Waals surface area (Å²) in [6.07, 6.45) is 4.01. The van der Waals surface area contributed by atoms with Crippen LogP contribution in [0.15, 0.2) is 30.5 Å². The maximum atomic E-state index is 5.72. The summed E-state index contributed by atoms with van der Waals surface area (Å²) in [5, 5.41) is 2.33. The highest BCUT2D eigenvalue weighted by atomic mass is 16.7. The molecule has 124 valence electrons. The van der Waals surface area contributed by atoms with Crippen LogP contribution in [0, 0.1) is 6.92 Å². The summed E-state index contributed by atoms with van der Waals surface area (Å²) in [4.78, 5) is 0. The lowest BCUT2D eigenvalue weighted by molar-refractivity contribution is -0.607. The van der Waals surface area contributed by atoms with Gasteiger partial charge >= 0.3 is 0 Å². The van der Waals surface area contributed by atoms with Crippen molar-refractivity contribution in [2.45, 2.75) is 19.8 Å². The second-order valence-corrected chi connectivity index (χ2v) is 6.72. The van der Waals surface area contributed by atoms with Gasteiger partial charge < -0.3 is 18.9 Å². The zero-order valence-corrected chi connectivity index (χ0v) is 13.8. The van der Waals surface area contributed by atoms with Crippen LogP contribution in [-0.4, -0.2) is 13.6 Å². The minimum atomic E-state index is 0.298. The molecule has 4 heterocycles. The van der Waals surface area contributed by atoms with Crippen molar-refractivity contribution in [2.75, 3.05) is 13.6 Å². The minimum absolute atomic E-state index is 0.298. The fraction of sp³-hybridized carbons (Fsp3) is 0.250. The zero-order valence-electron chi connectivity index (χ0n) is 13.8. The lowest BCUT2D eigenvalue weighted by atomic mass is 9.94. The number of pyridine rings is 1. The van der Waals surface area contributed by atoms with Crippen LogP contribution in [0.2, 0.25) is 0 Å². The Morgan fingerprint density at radius 2 is 1.64 bits per heavy atom. The lowest BCUT2D eigenvalue weighted by Gasteiger charge is -2.16. The molecule has 0 unspecified atom stereocenters. The van der Waals surface area contributed by atoms with Crippen LogP contribution in [-0.2, 0) is 12.8 Å². The zero-order chi connectivity index (χ0) is 16.5. The largest absolute Gasteiger partial charge is 0.454 e. The fourth-order valence-electron chi connectivity index (χ4n) is 4.07. The molecule has 0 spiro atoms. The van der Waals surface area contributed by atoms with Gasteiger partial charge in [-0.05, 0) is 36.4 Å². The van der Waals surface area contributed by atoms with E-state index in [9.17, 15) is 0 Å². The van der Waals surface area contributed by atoms with E-state index in [1.54, 1.807) is 0 Å². The second kappa shape index (κ2) is 4.57. The van der Waals surface area contributed by atoms with Crippen molar-refractivity contribution < 1.29 is 23.5 Å². The summed E-state index contributed by atoms with van der Waals surface area (Å²) >= 11 is 0. The van der Waals surface area contributed by atoms with Gasteiger partial charge in [-0.1, -0.05) is 0 Å². The van der Waals surface area contributed by atoms with Crippen molar-refractivity contribution in [1.29, 1.82) is 0 Å². The van der Waals surface area contributed by atoms with Crippen molar-refractivity contribution in [2.24, 2.45) is 0 Å². The number of hydrogen-bond acceptors (Lipinski definition) is 4. The van der Waals surface area contributed by atoms with E-state index in [-0.39, 0.29) is 0 Å². The number of hydrogen-bond donors (Lipinski definition) is 0. The topological polar surface area (TPSA) is 40.8 Å². The highest BCUT2D eigenvalue weighted by molar-refractivity contribution is 5.95. The fourth-order valence-corrected chi connectivity index (χ4v) is 4.07. The van der Waals surface area contributed by atoms with E-state index < -0.39 is 0 Å². The predicted molar refractivity (Wildman–Crippen MR) is 89.9 cm³/mol. The van der Waals surface area contributed by atoms with Crippen molar-refractivity contribution in [3.05, 3.63) is 47.3 Å². The summed E-state index contributed by atoms with van der Waals surface area (Å²) in [7, 11) is 0. The molecule has 0 aliphatic carbocycles. The average molecular weight is 334 g/mol. The predicted octanol–water partition coefficient (Wildman–Crippen LogP) is 2.98. The van der Waals surface area contributed by atoms with Gasteiger partial charge in [0.05, 0.1) is 6.07 Å². The third kappa shape index (κ3) is 1.75. The molecule has 5 heteroatoms. The van der Waals surface area contributed by atoms with E-state index in [2.05, 4.69) is 35.8 Å². The quantitative estimate of drug-likeness (QED) is 0.593. The van der Waals surface area contributed by atoms with Crippen molar-refractivity contribution in [3.63, 3.8) is 0 Å². The standard InChI is InChI=1S/C20H16NO4/c1-11-4-18-20(25-10-23-18)15-5-12-2-3-13-6-17-19(24-9-22-17)8-21(13)16(12)7-14(11)15/h4-8H,2-3,9-10H2,1H3/q+1. The third-order valence-corrected chi connectivity index (χ3v) is 5.31. The Morgan fingerprint density at radius 3 is 2.60 bits per heavy atom. The Kier molecular flexibility index (Phi) is 2.44. The second-order valence-electron chi connectivity index (χ2n) is 6.72. The summed E-state index contributed by atoms with van der Waals surface area (Å²) in [6, 6.07) is 8.67. The van der Waals surface area contributed by atoms with Gasteiger partial charge in [-0.3, -0.25) is 0 Å². The number of benzene rings is 2. The van der Waals surface area contributed by atoms with Gasteiger partial charge in [0.15, 0.2) is 22.9 Å². The average Bonchev–Trinajstić information content (AvgIpc) is 3.27. The van der Waals surface area contributed by atoms with Crippen LogP contribution in [0.25, 0.3) is 16.5 Å². The Balaban J connectivity index is 1.64. The monoisotopic (exact) mass is 334 g/mol. The molecule has 0 fully saturated rings. The minimum Gasteiger partial charge on any atom is -0.454 e. The first-order chi connectivity index (χ1) is 12.3. The van der Waals surface area contributed by atoms with Gasteiger partial charge in [0, 0.05) is 23.4 Å². The molecular formula is C20H16NO4+. The van der Waals surface area contributed by atoms with Gasteiger partial charge in [-0.2, -0.15) is 4.57 Å². The number of aryl methyl sites for hydroxylation is 3. The Hall–Kier alpha value is -2.95. The van der Waals surface area contributed by atoms with E-state index >= 15 is 0 Å². The molecular weight excluding hydrogens is 318 g/mol. The molecule has 0 amide bonds. The van der Waals surface area contributed by atoms with Crippen molar-refractivity contribution in [3.8, 4) is 28.7 Å². The lowest BCUT2D eigenvalue weighted by Crippen LogP contribution is -2.39. The molecule has 0 bridgehead atoms. The Morgan fingerprint density at radius 1 is 0.800 bits per heavy atom. The van der Waals surface area contributed by atoms with Gasteiger partial charge in [-0.15, -0.1) is 0 Å². The molecule has 3 aromatic rings. The molecule has 25 heavy (non-hydrogen) atoms. The molecule has 0 radical (unpaired) electrons. The number of fused-ring (bicyclic) bond motifs is 7. The molecule has 3 aliphatic heterocycles. The Bertz CT molecular complexity index is 1070. The van der Waals surface area contributed by atoms with Crippen LogP contribution in [0.5, 0.6) is 23.0 Å². The molecule has 3 aliphatic rings. The molecule has 2 aromatic carbocycles. The van der Waals surface area contributed by atoms with Gasteiger partial charge in [-0.25, -0.2) is 0 Å². The van der Waals surface area contributed by atoms with E-state index in [0.717, 1.165) is 41.2 Å². The number of rotatable bonds is 0. The van der Waals surface area contributed by atoms with Gasteiger partial charge in [0.1, 0.15) is 0 Å². The van der Waals surface area contributed by atoms with Crippen LogP contribution in [0.3, 0.4) is 0 Å². The first-order valence-corrected chi connectivity index (χ1v) is 8.48. The van der Waals surface area contributed by atoms with E-state index in [1.807, 2.05) is 6.20 Å². The summed E-state index contributed by atoms with van der Waals surface area (Å²) < 4.78 is 24.6. The van der Waals surface area contributed by atoms with Crippen LogP contribution in [0.4, 0.5) is 0 Å². The molecule has 0 saturated carbocycles. The van der Waals surface area contributed by atoms with Gasteiger partial charge in [0.25, 0.3) is 0 Å². The number of nitrogens with zero attached hydrogens (tertiary/aromatic N) is 1. The first-order valence-electron chi connectivity index (χ1n) is 8.48. The molecule has 0 saturated heterocycles. The van der Waals surface area contributed by atoms with Crippen molar-refractivity contribution in [1.82, 2.24) is 0 Å². The van der Waals surface area contributed by atoms with Crippen LogP contribution in [0.1, 0.15) is 16.8 Å². The molecule has 0 atom stereocenters.